The smallest absolute Gasteiger partial charge is 0.242 e. The van der Waals surface area contributed by atoms with E-state index in [1.807, 2.05) is 18.7 Å². The summed E-state index contributed by atoms with van der Waals surface area (Å²) < 4.78 is 0. The monoisotopic (exact) mass is 241 g/mol. The maximum Gasteiger partial charge on any atom is 0.242 e. The Morgan fingerprint density at radius 1 is 1.41 bits per heavy atom. The van der Waals surface area contributed by atoms with Crippen LogP contribution in [0.4, 0.5) is 0 Å². The van der Waals surface area contributed by atoms with Crippen molar-refractivity contribution in [3.05, 3.63) is 0 Å². The fourth-order valence-electron chi connectivity index (χ4n) is 2.35. The van der Waals surface area contributed by atoms with Crippen molar-refractivity contribution in [2.24, 2.45) is 11.7 Å². The Morgan fingerprint density at radius 2 is 1.94 bits per heavy atom. The van der Waals surface area contributed by atoms with Crippen LogP contribution in [0.1, 0.15) is 33.1 Å². The molecule has 0 spiro atoms. The van der Waals surface area contributed by atoms with Gasteiger partial charge in [0.25, 0.3) is 0 Å². The molecule has 1 amide bonds. The number of carbonyl (C=O) groups is 1. The third-order valence-corrected chi connectivity index (χ3v) is 3.75. The number of hydrogen-bond donors (Lipinski definition) is 1. The number of nitrogens with two attached hydrogens (primary N) is 1. The highest BCUT2D eigenvalue weighted by atomic mass is 16.2. The molecular formula is C13H27N3O. The van der Waals surface area contributed by atoms with E-state index in [4.69, 9.17) is 5.73 Å². The van der Waals surface area contributed by atoms with E-state index in [0.29, 0.717) is 6.42 Å². The van der Waals surface area contributed by atoms with E-state index in [2.05, 4.69) is 19.0 Å². The standard InChI is InChI=1S/C13H27N3O/c1-5-13(2,14)12(17)16-8-6-11(7-9-16)10-15(3)4/h11H,5-10,14H2,1-4H3. The van der Waals surface area contributed by atoms with Crippen LogP contribution in [0.5, 0.6) is 0 Å². The van der Waals surface area contributed by atoms with Gasteiger partial charge in [0.15, 0.2) is 0 Å². The Balaban J connectivity index is 2.44. The molecule has 4 heteroatoms. The Labute approximate surface area is 105 Å². The Bertz CT molecular complexity index is 255. The molecule has 1 aliphatic rings. The highest BCUT2D eigenvalue weighted by molar-refractivity contribution is 5.85. The fraction of sp³-hybridized carbons (Fsp3) is 0.923. The van der Waals surface area contributed by atoms with E-state index in [0.717, 1.165) is 38.4 Å². The minimum atomic E-state index is -0.686. The van der Waals surface area contributed by atoms with Crippen molar-refractivity contribution in [3.63, 3.8) is 0 Å². The Hall–Kier alpha value is -0.610. The average molecular weight is 241 g/mol. The molecule has 100 valence electrons. The maximum absolute atomic E-state index is 12.2. The highest BCUT2D eigenvalue weighted by Gasteiger charge is 2.33. The van der Waals surface area contributed by atoms with E-state index in [1.165, 1.54) is 0 Å². The molecule has 1 heterocycles. The quantitative estimate of drug-likeness (QED) is 0.796. The summed E-state index contributed by atoms with van der Waals surface area (Å²) in [5.74, 6) is 0.836. The number of rotatable bonds is 4. The lowest BCUT2D eigenvalue weighted by atomic mass is 9.93. The molecule has 1 aliphatic heterocycles. The fourth-order valence-corrected chi connectivity index (χ4v) is 2.35. The first-order valence-electron chi connectivity index (χ1n) is 6.59. The van der Waals surface area contributed by atoms with Crippen molar-refractivity contribution < 1.29 is 4.79 Å². The molecule has 0 aromatic rings. The zero-order valence-corrected chi connectivity index (χ0v) is 11.7. The van der Waals surface area contributed by atoms with Gasteiger partial charge in [0.1, 0.15) is 0 Å². The van der Waals surface area contributed by atoms with Crippen molar-refractivity contribution in [2.75, 3.05) is 33.7 Å². The topological polar surface area (TPSA) is 49.6 Å². The lowest BCUT2D eigenvalue weighted by molar-refractivity contribution is -0.138. The number of amides is 1. The Kier molecular flexibility index (Phi) is 4.95. The van der Waals surface area contributed by atoms with E-state index >= 15 is 0 Å². The lowest BCUT2D eigenvalue weighted by Crippen LogP contribution is -2.55. The van der Waals surface area contributed by atoms with Crippen LogP contribution in [0.15, 0.2) is 0 Å². The predicted octanol–water partition coefficient (Wildman–Crippen LogP) is 0.914. The molecule has 0 aromatic carbocycles. The van der Waals surface area contributed by atoms with Gasteiger partial charge < -0.3 is 15.5 Å². The van der Waals surface area contributed by atoms with Crippen molar-refractivity contribution in [3.8, 4) is 0 Å². The summed E-state index contributed by atoms with van der Waals surface area (Å²) in [6.45, 7) is 6.65. The summed E-state index contributed by atoms with van der Waals surface area (Å²) in [6.07, 6.45) is 2.90. The molecule has 1 fully saturated rings. The number of carbonyl (C=O) groups excluding carboxylic acids is 1. The number of likely N-dealkylation sites (tertiary alicyclic amines) is 1. The molecule has 4 nitrogen and oxygen atoms in total. The largest absolute Gasteiger partial charge is 0.341 e. The molecule has 1 atom stereocenters. The second-order valence-electron chi connectivity index (χ2n) is 5.77. The molecule has 0 bridgehead atoms. The SMILES string of the molecule is CCC(C)(N)C(=O)N1CCC(CN(C)C)CC1. The third-order valence-electron chi connectivity index (χ3n) is 3.75. The van der Waals surface area contributed by atoms with E-state index in [9.17, 15) is 4.79 Å². The number of piperidine rings is 1. The zero-order valence-electron chi connectivity index (χ0n) is 11.7. The van der Waals surface area contributed by atoms with Gasteiger partial charge in [-0.15, -0.1) is 0 Å². The van der Waals surface area contributed by atoms with Gasteiger partial charge in [0.2, 0.25) is 5.91 Å². The van der Waals surface area contributed by atoms with E-state index in [-0.39, 0.29) is 5.91 Å². The summed E-state index contributed by atoms with van der Waals surface area (Å²) in [4.78, 5) is 16.3. The summed E-state index contributed by atoms with van der Waals surface area (Å²) >= 11 is 0. The van der Waals surface area contributed by atoms with Crippen molar-refractivity contribution in [2.45, 2.75) is 38.6 Å². The van der Waals surface area contributed by atoms with Gasteiger partial charge in [-0.3, -0.25) is 4.79 Å². The molecule has 0 aliphatic carbocycles. The minimum absolute atomic E-state index is 0.114. The molecule has 0 aromatic heterocycles. The second kappa shape index (κ2) is 5.83. The first-order valence-corrected chi connectivity index (χ1v) is 6.59. The van der Waals surface area contributed by atoms with Gasteiger partial charge in [-0.2, -0.15) is 0 Å². The first-order chi connectivity index (χ1) is 7.86. The molecule has 2 N–H and O–H groups in total. The van der Waals surface area contributed by atoms with Gasteiger partial charge in [-0.1, -0.05) is 6.92 Å². The molecule has 0 radical (unpaired) electrons. The van der Waals surface area contributed by atoms with E-state index < -0.39 is 5.54 Å². The molecule has 1 saturated heterocycles. The normalized spacial score (nSPS) is 21.6. The average Bonchev–Trinajstić information content (AvgIpc) is 2.28. The van der Waals surface area contributed by atoms with Crippen LogP contribution in [-0.4, -0.2) is 55.0 Å². The number of hydrogen-bond acceptors (Lipinski definition) is 3. The highest BCUT2D eigenvalue weighted by Crippen LogP contribution is 2.20. The van der Waals surface area contributed by atoms with Crippen LogP contribution in [0.25, 0.3) is 0 Å². The molecule has 0 saturated carbocycles. The van der Waals surface area contributed by atoms with E-state index in [1.54, 1.807) is 0 Å². The molecule has 1 rings (SSSR count). The predicted molar refractivity (Wildman–Crippen MR) is 70.7 cm³/mol. The summed E-state index contributed by atoms with van der Waals surface area (Å²) in [5, 5.41) is 0. The van der Waals surface area contributed by atoms with Crippen LogP contribution in [0, 0.1) is 5.92 Å². The van der Waals surface area contributed by atoms with Gasteiger partial charge in [-0.25, -0.2) is 0 Å². The number of nitrogens with zero attached hydrogens (tertiary/aromatic N) is 2. The van der Waals surface area contributed by atoms with Crippen LogP contribution >= 0.6 is 0 Å². The van der Waals surface area contributed by atoms with Gasteiger partial charge in [-0.05, 0) is 46.2 Å². The van der Waals surface area contributed by atoms with Crippen LogP contribution in [-0.2, 0) is 4.79 Å². The van der Waals surface area contributed by atoms with Crippen LogP contribution in [0.2, 0.25) is 0 Å². The first kappa shape index (κ1) is 14.5. The molecule has 17 heavy (non-hydrogen) atoms. The zero-order chi connectivity index (χ0) is 13.1. The van der Waals surface area contributed by atoms with Crippen LogP contribution < -0.4 is 5.73 Å². The minimum Gasteiger partial charge on any atom is -0.341 e. The van der Waals surface area contributed by atoms with Crippen molar-refractivity contribution in [1.29, 1.82) is 0 Å². The van der Waals surface area contributed by atoms with Crippen LogP contribution in [0.3, 0.4) is 0 Å². The van der Waals surface area contributed by atoms with Gasteiger partial charge in [0.05, 0.1) is 5.54 Å². The second-order valence-corrected chi connectivity index (χ2v) is 5.77. The summed E-state index contributed by atoms with van der Waals surface area (Å²) in [7, 11) is 4.21. The molecule has 1 unspecified atom stereocenters. The van der Waals surface area contributed by atoms with Gasteiger partial charge >= 0.3 is 0 Å². The van der Waals surface area contributed by atoms with Gasteiger partial charge in [0, 0.05) is 19.6 Å². The summed E-state index contributed by atoms with van der Waals surface area (Å²) in [6, 6.07) is 0. The lowest BCUT2D eigenvalue weighted by Gasteiger charge is -2.37. The van der Waals surface area contributed by atoms with Crippen molar-refractivity contribution >= 4 is 5.91 Å². The third kappa shape index (κ3) is 3.96. The Morgan fingerprint density at radius 3 is 2.35 bits per heavy atom. The maximum atomic E-state index is 12.2. The van der Waals surface area contributed by atoms with Crippen molar-refractivity contribution in [1.82, 2.24) is 9.80 Å². The molecular weight excluding hydrogens is 214 g/mol. The summed E-state index contributed by atoms with van der Waals surface area (Å²) in [5.41, 5.74) is 5.32.